The van der Waals surface area contributed by atoms with Crippen LogP contribution in [0.25, 0.3) is 0 Å². The fourth-order valence-electron chi connectivity index (χ4n) is 3.89. The van der Waals surface area contributed by atoms with Crippen LogP contribution in [0.15, 0.2) is 0 Å². The number of carbonyl (C=O) groups is 1. The third-order valence-electron chi connectivity index (χ3n) is 5.57. The maximum atomic E-state index is 12.5. The van der Waals surface area contributed by atoms with Crippen LogP contribution in [0.5, 0.6) is 0 Å². The molecule has 0 radical (unpaired) electrons. The van der Waals surface area contributed by atoms with Gasteiger partial charge in [-0.1, -0.05) is 6.42 Å². The molecule has 2 amide bonds. The molecule has 0 saturated heterocycles. The molecule has 2 atom stereocenters. The molecule has 2 N–H and O–H groups in total. The lowest BCUT2D eigenvalue weighted by Crippen LogP contribution is -2.68. The van der Waals surface area contributed by atoms with Crippen molar-refractivity contribution in [3.8, 4) is 0 Å². The first kappa shape index (κ1) is 15.1. The predicted octanol–water partition coefficient (Wildman–Crippen LogP) is 1.75. The quantitative estimate of drug-likeness (QED) is 0.752. The molecule has 0 aromatic rings. The number of carbonyl (C=O) groups excluding carboxylic acids is 1. The molecule has 3 rings (SSSR count). The second-order valence-corrected chi connectivity index (χ2v) is 6.88. The average Bonchev–Trinajstić information content (AvgIpc) is 3.18. The molecule has 5 heteroatoms. The van der Waals surface area contributed by atoms with Gasteiger partial charge in [0.15, 0.2) is 0 Å². The van der Waals surface area contributed by atoms with Gasteiger partial charge in [-0.05, 0) is 44.9 Å². The molecule has 120 valence electrons. The lowest BCUT2D eigenvalue weighted by atomic mass is 9.51. The number of ether oxygens (including phenoxy) is 1. The van der Waals surface area contributed by atoms with Crippen LogP contribution in [-0.4, -0.2) is 54.5 Å². The average molecular weight is 296 g/mol. The largest absolute Gasteiger partial charge is 0.395 e. The highest BCUT2D eigenvalue weighted by molar-refractivity contribution is 5.75. The van der Waals surface area contributed by atoms with Crippen LogP contribution >= 0.6 is 0 Å². The molecular formula is C16H28N2O3. The Balaban J connectivity index is 1.54. The van der Waals surface area contributed by atoms with Crippen molar-refractivity contribution in [2.75, 3.05) is 26.3 Å². The number of amides is 2. The van der Waals surface area contributed by atoms with Gasteiger partial charge in [0.1, 0.15) is 0 Å². The van der Waals surface area contributed by atoms with Crippen molar-refractivity contribution in [3.63, 3.8) is 0 Å². The molecule has 0 heterocycles. The molecule has 0 unspecified atom stereocenters. The van der Waals surface area contributed by atoms with Gasteiger partial charge in [0.05, 0.1) is 12.7 Å². The molecule has 0 aromatic heterocycles. The van der Waals surface area contributed by atoms with Gasteiger partial charge >= 0.3 is 6.03 Å². The standard InChI is InChI=1S/C16H28N2O3/c1-2-21-14-10-13(16(14)6-3-7-16)17-15(20)18(8-9-19)11-12-4-5-12/h12-14,19H,2-11H2,1H3,(H,17,20)/t13-,14+/m1/s1. The van der Waals surface area contributed by atoms with Crippen LogP contribution in [0.3, 0.4) is 0 Å². The summed E-state index contributed by atoms with van der Waals surface area (Å²) in [7, 11) is 0. The van der Waals surface area contributed by atoms with Crippen molar-refractivity contribution in [2.24, 2.45) is 11.3 Å². The van der Waals surface area contributed by atoms with E-state index in [-0.39, 0.29) is 24.1 Å². The van der Waals surface area contributed by atoms with Gasteiger partial charge in [0, 0.05) is 31.2 Å². The Labute approximate surface area is 127 Å². The van der Waals surface area contributed by atoms with Crippen LogP contribution in [0.1, 0.15) is 45.4 Å². The summed E-state index contributed by atoms with van der Waals surface area (Å²) in [5.74, 6) is 0.650. The van der Waals surface area contributed by atoms with E-state index in [2.05, 4.69) is 5.32 Å². The Morgan fingerprint density at radius 3 is 2.71 bits per heavy atom. The first-order chi connectivity index (χ1) is 10.2. The first-order valence-corrected chi connectivity index (χ1v) is 8.47. The van der Waals surface area contributed by atoms with E-state index in [0.717, 1.165) is 19.6 Å². The van der Waals surface area contributed by atoms with Gasteiger partial charge in [0.25, 0.3) is 0 Å². The predicted molar refractivity (Wildman–Crippen MR) is 80.0 cm³/mol. The number of nitrogens with zero attached hydrogens (tertiary/aromatic N) is 1. The number of hydrogen-bond donors (Lipinski definition) is 2. The van der Waals surface area contributed by atoms with Gasteiger partial charge in [-0.25, -0.2) is 4.79 Å². The minimum absolute atomic E-state index is 0.00201. The van der Waals surface area contributed by atoms with Crippen molar-refractivity contribution in [2.45, 2.75) is 57.6 Å². The Kier molecular flexibility index (Phi) is 4.41. The summed E-state index contributed by atoms with van der Waals surface area (Å²) in [6.07, 6.45) is 7.30. The lowest BCUT2D eigenvalue weighted by molar-refractivity contribution is -0.169. The van der Waals surface area contributed by atoms with E-state index in [0.29, 0.717) is 18.6 Å². The molecule has 21 heavy (non-hydrogen) atoms. The molecule has 0 bridgehead atoms. The minimum atomic E-state index is 0.00201. The molecule has 0 aromatic carbocycles. The Morgan fingerprint density at radius 2 is 2.19 bits per heavy atom. The Bertz CT molecular complexity index is 380. The summed E-state index contributed by atoms with van der Waals surface area (Å²) in [5, 5.41) is 12.4. The number of aliphatic hydroxyl groups is 1. The molecule has 3 aliphatic carbocycles. The van der Waals surface area contributed by atoms with Gasteiger partial charge in [-0.2, -0.15) is 0 Å². The maximum Gasteiger partial charge on any atom is 0.317 e. The van der Waals surface area contributed by atoms with Crippen molar-refractivity contribution < 1.29 is 14.6 Å². The molecule has 0 aliphatic heterocycles. The summed E-state index contributed by atoms with van der Waals surface area (Å²) in [6, 6.07) is 0.262. The number of aliphatic hydroxyl groups excluding tert-OH is 1. The van der Waals surface area contributed by atoms with Crippen LogP contribution in [0.2, 0.25) is 0 Å². The summed E-state index contributed by atoms with van der Waals surface area (Å²) >= 11 is 0. The van der Waals surface area contributed by atoms with E-state index in [1.54, 1.807) is 4.90 Å². The zero-order chi connectivity index (χ0) is 14.9. The van der Waals surface area contributed by atoms with Crippen LogP contribution in [0.4, 0.5) is 4.79 Å². The normalized spacial score (nSPS) is 29.6. The zero-order valence-corrected chi connectivity index (χ0v) is 13.0. The van der Waals surface area contributed by atoms with Gasteiger partial charge in [-0.3, -0.25) is 0 Å². The van der Waals surface area contributed by atoms with E-state index in [1.807, 2.05) is 6.92 Å². The monoisotopic (exact) mass is 296 g/mol. The lowest BCUT2D eigenvalue weighted by Gasteiger charge is -2.61. The highest BCUT2D eigenvalue weighted by Gasteiger charge is 2.59. The molecule has 3 aliphatic rings. The van der Waals surface area contributed by atoms with Crippen molar-refractivity contribution in [3.05, 3.63) is 0 Å². The summed E-state index contributed by atoms with van der Waals surface area (Å²) in [6.45, 7) is 4.07. The SMILES string of the molecule is CCO[C@H]1C[C@@H](NC(=O)N(CCO)CC2CC2)C12CCC2. The van der Waals surface area contributed by atoms with Crippen molar-refractivity contribution >= 4 is 6.03 Å². The number of urea groups is 1. The summed E-state index contributed by atoms with van der Waals surface area (Å²) in [5.41, 5.74) is 0.204. The summed E-state index contributed by atoms with van der Waals surface area (Å²) in [4.78, 5) is 14.2. The Morgan fingerprint density at radius 1 is 1.43 bits per heavy atom. The molecular weight excluding hydrogens is 268 g/mol. The fourth-order valence-corrected chi connectivity index (χ4v) is 3.89. The molecule has 5 nitrogen and oxygen atoms in total. The summed E-state index contributed by atoms with van der Waals surface area (Å²) < 4.78 is 5.83. The van der Waals surface area contributed by atoms with E-state index < -0.39 is 0 Å². The van der Waals surface area contributed by atoms with Crippen LogP contribution < -0.4 is 5.32 Å². The van der Waals surface area contributed by atoms with E-state index in [9.17, 15) is 4.79 Å². The van der Waals surface area contributed by atoms with Gasteiger partial charge in [-0.15, -0.1) is 0 Å². The zero-order valence-electron chi connectivity index (χ0n) is 13.0. The molecule has 3 saturated carbocycles. The van der Waals surface area contributed by atoms with Gasteiger partial charge in [0.2, 0.25) is 0 Å². The topological polar surface area (TPSA) is 61.8 Å². The smallest absolute Gasteiger partial charge is 0.317 e. The highest BCUT2D eigenvalue weighted by Crippen LogP contribution is 2.57. The number of nitrogens with one attached hydrogen (secondary N) is 1. The van der Waals surface area contributed by atoms with Crippen molar-refractivity contribution in [1.82, 2.24) is 10.2 Å². The third kappa shape index (κ3) is 2.90. The number of rotatable bonds is 7. The van der Waals surface area contributed by atoms with Crippen molar-refractivity contribution in [1.29, 1.82) is 0 Å². The maximum absolute atomic E-state index is 12.5. The van der Waals surface area contributed by atoms with Crippen LogP contribution in [0, 0.1) is 11.3 Å². The second kappa shape index (κ2) is 6.13. The highest BCUT2D eigenvalue weighted by atomic mass is 16.5. The minimum Gasteiger partial charge on any atom is -0.395 e. The van der Waals surface area contributed by atoms with E-state index in [1.165, 1.54) is 32.1 Å². The first-order valence-electron chi connectivity index (χ1n) is 8.47. The second-order valence-electron chi connectivity index (χ2n) is 6.88. The van der Waals surface area contributed by atoms with E-state index >= 15 is 0 Å². The van der Waals surface area contributed by atoms with Crippen LogP contribution in [-0.2, 0) is 4.74 Å². The Hall–Kier alpha value is -0.810. The van der Waals surface area contributed by atoms with Gasteiger partial charge < -0.3 is 20.1 Å². The fraction of sp³-hybridized carbons (Fsp3) is 0.938. The van der Waals surface area contributed by atoms with E-state index in [4.69, 9.17) is 9.84 Å². The third-order valence-corrected chi connectivity index (χ3v) is 5.57. The molecule has 3 fully saturated rings. The molecule has 1 spiro atoms. The number of hydrogen-bond acceptors (Lipinski definition) is 3.